The SMILES string of the molecule is CCNCc1cc(C)nc(N2CC(C)C(C)C2)c1. The number of hydrogen-bond acceptors (Lipinski definition) is 3. The van der Waals surface area contributed by atoms with Crippen LogP contribution in [-0.4, -0.2) is 24.6 Å². The fourth-order valence-corrected chi connectivity index (χ4v) is 2.57. The smallest absolute Gasteiger partial charge is 0.129 e. The first-order chi connectivity index (χ1) is 8.60. The maximum atomic E-state index is 4.69. The molecule has 0 aromatic carbocycles. The van der Waals surface area contributed by atoms with Gasteiger partial charge in [0.05, 0.1) is 0 Å². The molecule has 0 aliphatic carbocycles. The van der Waals surface area contributed by atoms with Gasteiger partial charge in [0.1, 0.15) is 5.82 Å². The first kappa shape index (κ1) is 13.3. The van der Waals surface area contributed by atoms with Crippen LogP contribution < -0.4 is 10.2 Å². The molecule has 3 nitrogen and oxygen atoms in total. The summed E-state index contributed by atoms with van der Waals surface area (Å²) in [7, 11) is 0. The molecule has 0 saturated carbocycles. The molecule has 1 aromatic heterocycles. The summed E-state index contributed by atoms with van der Waals surface area (Å²) in [5.74, 6) is 2.69. The topological polar surface area (TPSA) is 28.2 Å². The van der Waals surface area contributed by atoms with E-state index in [0.717, 1.165) is 49.5 Å². The van der Waals surface area contributed by atoms with E-state index in [1.54, 1.807) is 0 Å². The van der Waals surface area contributed by atoms with Gasteiger partial charge >= 0.3 is 0 Å². The van der Waals surface area contributed by atoms with Crippen LogP contribution in [0.1, 0.15) is 32.0 Å². The standard InChI is InChI=1S/C15H25N3/c1-5-16-8-14-6-13(4)17-15(7-14)18-9-11(2)12(3)10-18/h6-7,11-12,16H,5,8-10H2,1-4H3. The molecule has 1 N–H and O–H groups in total. The van der Waals surface area contributed by atoms with E-state index in [0.29, 0.717) is 0 Å². The van der Waals surface area contributed by atoms with Crippen LogP contribution in [0.15, 0.2) is 12.1 Å². The first-order valence-corrected chi connectivity index (χ1v) is 7.03. The summed E-state index contributed by atoms with van der Waals surface area (Å²) >= 11 is 0. The molecule has 3 heteroatoms. The third-order valence-electron chi connectivity index (χ3n) is 3.89. The molecule has 18 heavy (non-hydrogen) atoms. The van der Waals surface area contributed by atoms with E-state index in [1.165, 1.54) is 5.56 Å². The lowest BCUT2D eigenvalue weighted by atomic mass is 10.0. The Bertz CT molecular complexity index is 393. The van der Waals surface area contributed by atoms with Gasteiger partial charge in [0, 0.05) is 25.3 Å². The minimum absolute atomic E-state index is 0.768. The number of nitrogens with one attached hydrogen (secondary N) is 1. The average Bonchev–Trinajstić information content (AvgIpc) is 2.66. The molecular formula is C15H25N3. The molecule has 1 saturated heterocycles. The van der Waals surface area contributed by atoms with Gasteiger partial charge in [0.25, 0.3) is 0 Å². The molecule has 2 atom stereocenters. The number of rotatable bonds is 4. The Morgan fingerprint density at radius 3 is 2.56 bits per heavy atom. The zero-order valence-electron chi connectivity index (χ0n) is 12.0. The quantitative estimate of drug-likeness (QED) is 0.886. The van der Waals surface area contributed by atoms with Gasteiger partial charge in [0.15, 0.2) is 0 Å². The molecule has 0 bridgehead atoms. The molecule has 2 unspecified atom stereocenters. The van der Waals surface area contributed by atoms with Crippen LogP contribution in [0.3, 0.4) is 0 Å². The van der Waals surface area contributed by atoms with E-state index in [9.17, 15) is 0 Å². The van der Waals surface area contributed by atoms with Crippen LogP contribution in [0.25, 0.3) is 0 Å². The Morgan fingerprint density at radius 1 is 1.28 bits per heavy atom. The summed E-state index contributed by atoms with van der Waals surface area (Å²) in [5, 5.41) is 3.38. The lowest BCUT2D eigenvalue weighted by Crippen LogP contribution is -2.22. The normalized spacial score (nSPS) is 23.7. The number of aryl methyl sites for hydroxylation is 1. The molecular weight excluding hydrogens is 222 g/mol. The van der Waals surface area contributed by atoms with Crippen molar-refractivity contribution >= 4 is 5.82 Å². The minimum Gasteiger partial charge on any atom is -0.356 e. The van der Waals surface area contributed by atoms with Crippen LogP contribution in [0.2, 0.25) is 0 Å². The second-order valence-electron chi connectivity index (χ2n) is 5.61. The highest BCUT2D eigenvalue weighted by Gasteiger charge is 2.26. The number of aromatic nitrogens is 1. The van der Waals surface area contributed by atoms with Crippen LogP contribution in [0, 0.1) is 18.8 Å². The van der Waals surface area contributed by atoms with Crippen molar-refractivity contribution in [3.63, 3.8) is 0 Å². The largest absolute Gasteiger partial charge is 0.356 e. The molecule has 100 valence electrons. The molecule has 2 rings (SSSR count). The van der Waals surface area contributed by atoms with E-state index in [-0.39, 0.29) is 0 Å². The number of hydrogen-bond donors (Lipinski definition) is 1. The van der Waals surface area contributed by atoms with Gasteiger partial charge in [-0.25, -0.2) is 4.98 Å². The van der Waals surface area contributed by atoms with Crippen LogP contribution in [0.5, 0.6) is 0 Å². The molecule has 0 amide bonds. The molecule has 0 radical (unpaired) electrons. The van der Waals surface area contributed by atoms with Gasteiger partial charge in [-0.1, -0.05) is 20.8 Å². The van der Waals surface area contributed by atoms with Crippen molar-refractivity contribution in [2.45, 2.75) is 34.2 Å². The lowest BCUT2D eigenvalue weighted by Gasteiger charge is -2.19. The highest BCUT2D eigenvalue weighted by atomic mass is 15.2. The Kier molecular flexibility index (Phi) is 4.23. The van der Waals surface area contributed by atoms with Gasteiger partial charge in [-0.15, -0.1) is 0 Å². The summed E-state index contributed by atoms with van der Waals surface area (Å²) < 4.78 is 0. The fraction of sp³-hybridized carbons (Fsp3) is 0.667. The number of anilines is 1. The maximum Gasteiger partial charge on any atom is 0.129 e. The monoisotopic (exact) mass is 247 g/mol. The highest BCUT2D eigenvalue weighted by Crippen LogP contribution is 2.27. The van der Waals surface area contributed by atoms with Crippen molar-refractivity contribution in [1.29, 1.82) is 0 Å². The van der Waals surface area contributed by atoms with Crippen molar-refractivity contribution in [3.8, 4) is 0 Å². The van der Waals surface area contributed by atoms with Crippen LogP contribution in [0.4, 0.5) is 5.82 Å². The summed E-state index contributed by atoms with van der Waals surface area (Å²) in [6.07, 6.45) is 0. The van der Waals surface area contributed by atoms with Crippen molar-refractivity contribution < 1.29 is 0 Å². The average molecular weight is 247 g/mol. The van der Waals surface area contributed by atoms with E-state index in [2.05, 4.69) is 50.0 Å². The van der Waals surface area contributed by atoms with E-state index in [4.69, 9.17) is 4.98 Å². The molecule has 2 heterocycles. The molecule has 1 aromatic rings. The number of pyridine rings is 1. The zero-order valence-corrected chi connectivity index (χ0v) is 12.0. The summed E-state index contributed by atoms with van der Waals surface area (Å²) in [6, 6.07) is 4.41. The predicted molar refractivity (Wildman–Crippen MR) is 76.9 cm³/mol. The Labute approximate surface area is 111 Å². The zero-order chi connectivity index (χ0) is 13.1. The first-order valence-electron chi connectivity index (χ1n) is 7.03. The fourth-order valence-electron chi connectivity index (χ4n) is 2.57. The Hall–Kier alpha value is -1.09. The van der Waals surface area contributed by atoms with Crippen molar-refractivity contribution in [2.75, 3.05) is 24.5 Å². The second-order valence-corrected chi connectivity index (χ2v) is 5.61. The lowest BCUT2D eigenvalue weighted by molar-refractivity contribution is 0.494. The summed E-state index contributed by atoms with van der Waals surface area (Å²) in [4.78, 5) is 7.12. The van der Waals surface area contributed by atoms with Crippen LogP contribution >= 0.6 is 0 Å². The Balaban J connectivity index is 2.15. The molecule has 1 aliphatic heterocycles. The third-order valence-corrected chi connectivity index (χ3v) is 3.89. The van der Waals surface area contributed by atoms with E-state index in [1.807, 2.05) is 0 Å². The van der Waals surface area contributed by atoms with Gasteiger partial charge in [0.2, 0.25) is 0 Å². The molecule has 1 aliphatic rings. The van der Waals surface area contributed by atoms with E-state index >= 15 is 0 Å². The Morgan fingerprint density at radius 2 is 1.94 bits per heavy atom. The number of nitrogens with zero attached hydrogens (tertiary/aromatic N) is 2. The van der Waals surface area contributed by atoms with E-state index < -0.39 is 0 Å². The van der Waals surface area contributed by atoms with Gasteiger partial charge in [-0.3, -0.25) is 0 Å². The summed E-state index contributed by atoms with van der Waals surface area (Å²) in [5.41, 5.74) is 2.46. The molecule has 0 spiro atoms. The van der Waals surface area contributed by atoms with Crippen molar-refractivity contribution in [3.05, 3.63) is 23.4 Å². The van der Waals surface area contributed by atoms with Crippen molar-refractivity contribution in [1.82, 2.24) is 10.3 Å². The van der Waals surface area contributed by atoms with Gasteiger partial charge < -0.3 is 10.2 Å². The third kappa shape index (κ3) is 3.02. The predicted octanol–water partition coefficient (Wildman–Crippen LogP) is 2.59. The maximum absolute atomic E-state index is 4.69. The summed E-state index contributed by atoms with van der Waals surface area (Å²) in [6.45, 7) is 13.1. The van der Waals surface area contributed by atoms with Crippen molar-refractivity contribution in [2.24, 2.45) is 11.8 Å². The van der Waals surface area contributed by atoms with Crippen LogP contribution in [-0.2, 0) is 6.54 Å². The molecule has 1 fully saturated rings. The second kappa shape index (κ2) is 5.70. The highest BCUT2D eigenvalue weighted by molar-refractivity contribution is 5.44. The van der Waals surface area contributed by atoms with Gasteiger partial charge in [-0.05, 0) is 43.0 Å². The minimum atomic E-state index is 0.768. The van der Waals surface area contributed by atoms with Gasteiger partial charge in [-0.2, -0.15) is 0 Å².